The zero-order valence-electron chi connectivity index (χ0n) is 11.6. The van der Waals surface area contributed by atoms with Gasteiger partial charge in [0.25, 0.3) is 11.5 Å². The summed E-state index contributed by atoms with van der Waals surface area (Å²) in [6.45, 7) is 6.05. The zero-order valence-corrected chi connectivity index (χ0v) is 12.4. The van der Waals surface area contributed by atoms with Gasteiger partial charge < -0.3 is 10.3 Å². The number of H-pyrrole nitrogens is 2. The average molecular weight is 291 g/mol. The minimum Gasteiger partial charge on any atom is -0.349 e. The van der Waals surface area contributed by atoms with Gasteiger partial charge in [-0.15, -0.1) is 0 Å². The van der Waals surface area contributed by atoms with Gasteiger partial charge in [-0.1, -0.05) is 13.8 Å². The van der Waals surface area contributed by atoms with Crippen LogP contribution in [0.4, 0.5) is 0 Å². The van der Waals surface area contributed by atoms with Crippen molar-refractivity contribution in [2.75, 3.05) is 0 Å². The first-order chi connectivity index (χ1) is 9.38. The van der Waals surface area contributed by atoms with Crippen molar-refractivity contribution in [2.24, 2.45) is 5.92 Å². The molecule has 0 saturated heterocycles. The lowest BCUT2D eigenvalue weighted by atomic mass is 10.1. The fraction of sp³-hybridized carbons (Fsp3) is 0.357. The van der Waals surface area contributed by atoms with Crippen LogP contribution >= 0.6 is 12.2 Å². The van der Waals surface area contributed by atoms with Crippen molar-refractivity contribution in [3.05, 3.63) is 38.9 Å². The molecule has 106 valence electrons. The number of benzene rings is 1. The number of rotatable bonds is 3. The van der Waals surface area contributed by atoms with E-state index < -0.39 is 0 Å². The zero-order chi connectivity index (χ0) is 14.9. The van der Waals surface area contributed by atoms with E-state index in [1.165, 1.54) is 0 Å². The summed E-state index contributed by atoms with van der Waals surface area (Å²) in [4.78, 5) is 29.2. The lowest BCUT2D eigenvalue weighted by Gasteiger charge is -2.17. The van der Waals surface area contributed by atoms with Crippen LogP contribution < -0.4 is 10.9 Å². The highest BCUT2D eigenvalue weighted by Gasteiger charge is 2.13. The molecule has 1 aromatic carbocycles. The van der Waals surface area contributed by atoms with E-state index in [-0.39, 0.29) is 22.3 Å². The number of aromatic amines is 2. The first-order valence-corrected chi connectivity index (χ1v) is 6.86. The maximum atomic E-state index is 12.1. The molecule has 3 N–H and O–H groups in total. The molecule has 0 radical (unpaired) electrons. The number of hydrogen-bond acceptors (Lipinski definition) is 3. The highest BCUT2D eigenvalue weighted by atomic mass is 32.1. The summed E-state index contributed by atoms with van der Waals surface area (Å²) in [6, 6.07) is 4.98. The molecule has 5 nitrogen and oxygen atoms in total. The normalized spacial score (nSPS) is 12.6. The third kappa shape index (κ3) is 2.96. The second kappa shape index (κ2) is 5.58. The molecule has 0 saturated carbocycles. The van der Waals surface area contributed by atoms with Gasteiger partial charge in [-0.2, -0.15) is 0 Å². The third-order valence-corrected chi connectivity index (χ3v) is 3.56. The molecule has 1 aromatic heterocycles. The number of fused-ring (bicyclic) bond motifs is 1. The lowest BCUT2D eigenvalue weighted by molar-refractivity contribution is 0.0930. The van der Waals surface area contributed by atoms with Crippen LogP contribution in [0.25, 0.3) is 10.9 Å². The molecular formula is C14H17N3O2S. The molecule has 0 aliphatic carbocycles. The number of amides is 1. The molecule has 20 heavy (non-hydrogen) atoms. The summed E-state index contributed by atoms with van der Waals surface area (Å²) < 4.78 is 0.246. The number of carbonyl (C=O) groups is 1. The van der Waals surface area contributed by atoms with Crippen molar-refractivity contribution in [1.82, 2.24) is 15.3 Å². The van der Waals surface area contributed by atoms with Crippen LogP contribution in [0.15, 0.2) is 23.0 Å². The van der Waals surface area contributed by atoms with Gasteiger partial charge in [-0.05, 0) is 43.3 Å². The molecule has 1 amide bonds. The summed E-state index contributed by atoms with van der Waals surface area (Å²) in [6.07, 6.45) is 0. The molecule has 2 aromatic rings. The predicted octanol–water partition coefficient (Wildman–Crippen LogP) is 2.36. The standard InChI is InChI=1S/C14H17N3O2S/c1-7(2)8(3)15-12(18)9-4-5-10-11(6-9)16-14(20)17-13(10)19/h4-8H,1-3H3,(H,15,18)(H2,16,17,19,20)/t8-/m1/s1. The minimum absolute atomic E-state index is 0.0795. The van der Waals surface area contributed by atoms with E-state index in [1.54, 1.807) is 18.2 Å². The van der Waals surface area contributed by atoms with E-state index in [4.69, 9.17) is 12.2 Å². The summed E-state index contributed by atoms with van der Waals surface area (Å²) in [5.41, 5.74) is 0.802. The lowest BCUT2D eigenvalue weighted by Crippen LogP contribution is -2.36. The predicted molar refractivity (Wildman–Crippen MR) is 81.5 cm³/mol. The van der Waals surface area contributed by atoms with E-state index in [9.17, 15) is 9.59 Å². The Hall–Kier alpha value is -1.95. The Labute approximate surface area is 121 Å². The molecule has 0 spiro atoms. The maximum absolute atomic E-state index is 12.1. The van der Waals surface area contributed by atoms with Gasteiger partial charge in [0.15, 0.2) is 4.77 Å². The van der Waals surface area contributed by atoms with Crippen molar-refractivity contribution >= 4 is 29.0 Å². The first kappa shape index (κ1) is 14.5. The largest absolute Gasteiger partial charge is 0.349 e. The van der Waals surface area contributed by atoms with E-state index in [0.29, 0.717) is 22.4 Å². The summed E-state index contributed by atoms with van der Waals surface area (Å²) >= 11 is 4.93. The molecule has 1 heterocycles. The van der Waals surface area contributed by atoms with Gasteiger partial charge in [0.1, 0.15) is 0 Å². The monoisotopic (exact) mass is 291 g/mol. The molecule has 0 unspecified atom stereocenters. The summed E-state index contributed by atoms with van der Waals surface area (Å²) in [5.74, 6) is 0.195. The number of nitrogens with one attached hydrogen (secondary N) is 3. The van der Waals surface area contributed by atoms with E-state index in [0.717, 1.165) is 0 Å². The molecule has 0 bridgehead atoms. The van der Waals surface area contributed by atoms with E-state index in [2.05, 4.69) is 15.3 Å². The van der Waals surface area contributed by atoms with Crippen molar-refractivity contribution in [3.8, 4) is 0 Å². The van der Waals surface area contributed by atoms with Gasteiger partial charge in [0.05, 0.1) is 10.9 Å². The maximum Gasteiger partial charge on any atom is 0.259 e. The Balaban J connectivity index is 2.39. The Morgan fingerprint density at radius 3 is 2.60 bits per heavy atom. The topological polar surface area (TPSA) is 77.8 Å². The van der Waals surface area contributed by atoms with Crippen LogP contribution in [0.1, 0.15) is 31.1 Å². The highest BCUT2D eigenvalue weighted by Crippen LogP contribution is 2.11. The molecule has 0 fully saturated rings. The summed E-state index contributed by atoms with van der Waals surface area (Å²) in [7, 11) is 0. The molecular weight excluding hydrogens is 274 g/mol. The third-order valence-electron chi connectivity index (χ3n) is 3.36. The van der Waals surface area contributed by atoms with Gasteiger partial charge in [0.2, 0.25) is 0 Å². The van der Waals surface area contributed by atoms with Gasteiger partial charge in [-0.25, -0.2) is 0 Å². The first-order valence-electron chi connectivity index (χ1n) is 6.45. The fourth-order valence-electron chi connectivity index (χ4n) is 1.77. The van der Waals surface area contributed by atoms with Crippen molar-refractivity contribution in [1.29, 1.82) is 0 Å². The van der Waals surface area contributed by atoms with Crippen LogP contribution in [0.5, 0.6) is 0 Å². The smallest absolute Gasteiger partial charge is 0.259 e. The van der Waals surface area contributed by atoms with Gasteiger partial charge >= 0.3 is 0 Å². The van der Waals surface area contributed by atoms with E-state index >= 15 is 0 Å². The second-order valence-electron chi connectivity index (χ2n) is 5.17. The van der Waals surface area contributed by atoms with Gasteiger partial charge in [0, 0.05) is 11.6 Å². The second-order valence-corrected chi connectivity index (χ2v) is 5.58. The number of hydrogen-bond donors (Lipinski definition) is 3. The molecule has 1 atom stereocenters. The van der Waals surface area contributed by atoms with E-state index in [1.807, 2.05) is 20.8 Å². The molecule has 0 aliphatic heterocycles. The van der Waals surface area contributed by atoms with Crippen molar-refractivity contribution in [2.45, 2.75) is 26.8 Å². The SMILES string of the molecule is CC(C)[C@@H](C)NC(=O)c1ccc2c(=O)[nH]c(=S)[nH]c2c1. The summed E-state index contributed by atoms with van der Waals surface area (Å²) in [5, 5.41) is 3.40. The Morgan fingerprint density at radius 1 is 1.25 bits per heavy atom. The highest BCUT2D eigenvalue weighted by molar-refractivity contribution is 7.71. The fourth-order valence-corrected chi connectivity index (χ4v) is 1.97. The minimum atomic E-state index is -0.258. The van der Waals surface area contributed by atoms with Crippen molar-refractivity contribution < 1.29 is 4.79 Å². The Bertz CT molecular complexity index is 761. The Morgan fingerprint density at radius 2 is 1.95 bits per heavy atom. The van der Waals surface area contributed by atoms with Crippen LogP contribution in [0, 0.1) is 10.7 Å². The Kier molecular flexibility index (Phi) is 4.04. The molecule has 6 heteroatoms. The average Bonchev–Trinajstić information content (AvgIpc) is 2.37. The number of aromatic nitrogens is 2. The molecule has 0 aliphatic rings. The van der Waals surface area contributed by atoms with Crippen LogP contribution in [0.3, 0.4) is 0 Å². The van der Waals surface area contributed by atoms with Crippen LogP contribution in [-0.4, -0.2) is 21.9 Å². The molecule has 2 rings (SSSR count). The van der Waals surface area contributed by atoms with Crippen LogP contribution in [-0.2, 0) is 0 Å². The van der Waals surface area contributed by atoms with Gasteiger partial charge in [-0.3, -0.25) is 14.6 Å². The quantitative estimate of drug-likeness (QED) is 0.760. The van der Waals surface area contributed by atoms with Crippen molar-refractivity contribution in [3.63, 3.8) is 0 Å². The van der Waals surface area contributed by atoms with Crippen LogP contribution in [0.2, 0.25) is 0 Å². The number of carbonyl (C=O) groups excluding carboxylic acids is 1.